The van der Waals surface area contributed by atoms with Crippen LogP contribution in [0.15, 0.2) is 61.8 Å². The van der Waals surface area contributed by atoms with Gasteiger partial charge in [0.1, 0.15) is 11.8 Å². The highest BCUT2D eigenvalue weighted by molar-refractivity contribution is 5.69. The molecule has 0 spiro atoms. The van der Waals surface area contributed by atoms with Crippen LogP contribution >= 0.6 is 0 Å². The highest BCUT2D eigenvalue weighted by atomic mass is 15.1. The SMILES string of the molecule is C=CC(c1ccccc1)n1cnc2cncnc21. The summed E-state index contributed by atoms with van der Waals surface area (Å²) in [6, 6.07) is 10.2. The largest absolute Gasteiger partial charge is 0.304 e. The van der Waals surface area contributed by atoms with E-state index < -0.39 is 0 Å². The fourth-order valence-electron chi connectivity index (χ4n) is 2.05. The molecule has 0 saturated carbocycles. The topological polar surface area (TPSA) is 43.6 Å². The molecule has 0 fully saturated rings. The fraction of sp³-hybridized carbons (Fsp3) is 0.0714. The van der Waals surface area contributed by atoms with E-state index in [9.17, 15) is 0 Å². The molecule has 0 bridgehead atoms. The molecule has 0 aliphatic rings. The lowest BCUT2D eigenvalue weighted by atomic mass is 10.1. The van der Waals surface area contributed by atoms with Crippen LogP contribution in [-0.4, -0.2) is 19.5 Å². The van der Waals surface area contributed by atoms with Crippen LogP contribution in [0.25, 0.3) is 11.2 Å². The minimum atomic E-state index is 0.0334. The van der Waals surface area contributed by atoms with Gasteiger partial charge in [0.2, 0.25) is 0 Å². The van der Waals surface area contributed by atoms with Crippen molar-refractivity contribution in [2.45, 2.75) is 6.04 Å². The fourth-order valence-corrected chi connectivity index (χ4v) is 2.05. The molecule has 0 amide bonds. The van der Waals surface area contributed by atoms with Gasteiger partial charge in [0.25, 0.3) is 0 Å². The molecule has 3 rings (SSSR count). The highest BCUT2D eigenvalue weighted by Crippen LogP contribution is 2.22. The van der Waals surface area contributed by atoms with Gasteiger partial charge in [-0.2, -0.15) is 0 Å². The van der Waals surface area contributed by atoms with Crippen LogP contribution in [0.1, 0.15) is 11.6 Å². The number of rotatable bonds is 3. The average Bonchev–Trinajstić information content (AvgIpc) is 2.85. The van der Waals surface area contributed by atoms with Gasteiger partial charge < -0.3 is 4.57 Å². The Kier molecular flexibility index (Phi) is 2.61. The van der Waals surface area contributed by atoms with Crippen LogP contribution in [0.2, 0.25) is 0 Å². The van der Waals surface area contributed by atoms with Crippen molar-refractivity contribution in [3.63, 3.8) is 0 Å². The molecule has 2 heterocycles. The summed E-state index contributed by atoms with van der Waals surface area (Å²) in [5.74, 6) is 0. The van der Waals surface area contributed by atoms with Gasteiger partial charge in [0.15, 0.2) is 5.65 Å². The quantitative estimate of drug-likeness (QED) is 0.656. The van der Waals surface area contributed by atoms with Crippen LogP contribution in [0.5, 0.6) is 0 Å². The van der Waals surface area contributed by atoms with E-state index in [0.717, 1.165) is 16.7 Å². The minimum absolute atomic E-state index is 0.0334. The molecule has 2 aromatic heterocycles. The molecule has 0 radical (unpaired) electrons. The van der Waals surface area contributed by atoms with Crippen molar-refractivity contribution in [1.29, 1.82) is 0 Å². The number of fused-ring (bicyclic) bond motifs is 1. The summed E-state index contributed by atoms with van der Waals surface area (Å²) >= 11 is 0. The van der Waals surface area contributed by atoms with Crippen molar-refractivity contribution < 1.29 is 0 Å². The lowest BCUT2D eigenvalue weighted by Gasteiger charge is -2.14. The second-order valence-corrected chi connectivity index (χ2v) is 3.97. The first kappa shape index (κ1) is 10.7. The van der Waals surface area contributed by atoms with Crippen molar-refractivity contribution >= 4 is 11.2 Å². The van der Waals surface area contributed by atoms with E-state index in [-0.39, 0.29) is 6.04 Å². The Bertz CT molecular complexity index is 672. The molecule has 0 N–H and O–H groups in total. The van der Waals surface area contributed by atoms with Gasteiger partial charge in [-0.3, -0.25) is 0 Å². The van der Waals surface area contributed by atoms with Crippen LogP contribution < -0.4 is 0 Å². The predicted octanol–water partition coefficient (Wildman–Crippen LogP) is 2.60. The van der Waals surface area contributed by atoms with Gasteiger partial charge in [0.05, 0.1) is 18.6 Å². The van der Waals surface area contributed by atoms with E-state index in [2.05, 4.69) is 33.7 Å². The average molecular weight is 236 g/mol. The van der Waals surface area contributed by atoms with Gasteiger partial charge in [-0.25, -0.2) is 15.0 Å². The van der Waals surface area contributed by atoms with Crippen molar-refractivity contribution in [2.24, 2.45) is 0 Å². The predicted molar refractivity (Wildman–Crippen MR) is 70.1 cm³/mol. The summed E-state index contributed by atoms with van der Waals surface area (Å²) in [6.07, 6.45) is 6.91. The Hall–Kier alpha value is -2.49. The standard InChI is InChI=1S/C14H12N4/c1-2-13(11-6-4-3-5-7-11)18-10-17-12-8-15-9-16-14(12)18/h2-10,13H,1H2. The first-order chi connectivity index (χ1) is 8.90. The maximum absolute atomic E-state index is 4.30. The van der Waals surface area contributed by atoms with Crippen LogP contribution in [-0.2, 0) is 0 Å². The smallest absolute Gasteiger partial charge is 0.164 e. The molecular formula is C14H12N4. The van der Waals surface area contributed by atoms with Crippen molar-refractivity contribution in [3.8, 4) is 0 Å². The van der Waals surface area contributed by atoms with Gasteiger partial charge in [-0.15, -0.1) is 6.58 Å². The highest BCUT2D eigenvalue weighted by Gasteiger charge is 2.13. The van der Waals surface area contributed by atoms with Crippen LogP contribution in [0, 0.1) is 0 Å². The molecule has 18 heavy (non-hydrogen) atoms. The van der Waals surface area contributed by atoms with Gasteiger partial charge in [-0.05, 0) is 5.56 Å². The van der Waals surface area contributed by atoms with E-state index >= 15 is 0 Å². The number of benzene rings is 1. The number of nitrogens with zero attached hydrogens (tertiary/aromatic N) is 4. The molecule has 0 saturated heterocycles. The number of hydrogen-bond acceptors (Lipinski definition) is 3. The molecule has 3 aromatic rings. The van der Waals surface area contributed by atoms with Gasteiger partial charge in [-0.1, -0.05) is 36.4 Å². The number of allylic oxidation sites excluding steroid dienone is 1. The van der Waals surface area contributed by atoms with E-state index in [0.29, 0.717) is 0 Å². The Balaban J connectivity index is 2.15. The Labute approximate surface area is 105 Å². The van der Waals surface area contributed by atoms with Crippen molar-refractivity contribution in [1.82, 2.24) is 19.5 Å². The number of hydrogen-bond donors (Lipinski definition) is 0. The third-order valence-electron chi connectivity index (χ3n) is 2.90. The number of imidazole rings is 1. The molecule has 1 atom stereocenters. The Morgan fingerprint density at radius 3 is 2.78 bits per heavy atom. The maximum Gasteiger partial charge on any atom is 0.164 e. The summed E-state index contributed by atoms with van der Waals surface area (Å²) < 4.78 is 2.00. The first-order valence-corrected chi connectivity index (χ1v) is 5.70. The second kappa shape index (κ2) is 4.41. The van der Waals surface area contributed by atoms with Crippen molar-refractivity contribution in [3.05, 3.63) is 67.4 Å². The minimum Gasteiger partial charge on any atom is -0.304 e. The summed E-state index contributed by atoms with van der Waals surface area (Å²) in [5.41, 5.74) is 2.77. The number of aromatic nitrogens is 4. The summed E-state index contributed by atoms with van der Waals surface area (Å²) in [5, 5.41) is 0. The second-order valence-electron chi connectivity index (χ2n) is 3.97. The lowest BCUT2D eigenvalue weighted by molar-refractivity contribution is 0.715. The molecule has 1 unspecified atom stereocenters. The van der Waals surface area contributed by atoms with E-state index in [1.807, 2.05) is 28.8 Å². The molecule has 88 valence electrons. The summed E-state index contributed by atoms with van der Waals surface area (Å²) in [4.78, 5) is 12.6. The van der Waals surface area contributed by atoms with E-state index in [1.165, 1.54) is 6.33 Å². The maximum atomic E-state index is 4.30. The normalized spacial score (nSPS) is 12.4. The summed E-state index contributed by atoms with van der Waals surface area (Å²) in [6.45, 7) is 3.91. The summed E-state index contributed by atoms with van der Waals surface area (Å²) in [7, 11) is 0. The Morgan fingerprint density at radius 1 is 1.17 bits per heavy atom. The van der Waals surface area contributed by atoms with Gasteiger partial charge in [0, 0.05) is 0 Å². The van der Waals surface area contributed by atoms with Crippen LogP contribution in [0.4, 0.5) is 0 Å². The van der Waals surface area contributed by atoms with Crippen LogP contribution in [0.3, 0.4) is 0 Å². The lowest BCUT2D eigenvalue weighted by Crippen LogP contribution is -2.07. The zero-order valence-electron chi connectivity index (χ0n) is 9.77. The van der Waals surface area contributed by atoms with E-state index in [4.69, 9.17) is 0 Å². The Morgan fingerprint density at radius 2 is 2.00 bits per heavy atom. The third-order valence-corrected chi connectivity index (χ3v) is 2.90. The van der Waals surface area contributed by atoms with Gasteiger partial charge >= 0.3 is 0 Å². The zero-order valence-corrected chi connectivity index (χ0v) is 9.77. The monoisotopic (exact) mass is 236 g/mol. The molecule has 0 aliphatic carbocycles. The third kappa shape index (κ3) is 1.68. The zero-order chi connectivity index (χ0) is 12.4. The molecule has 0 aliphatic heterocycles. The van der Waals surface area contributed by atoms with E-state index in [1.54, 1.807) is 12.5 Å². The van der Waals surface area contributed by atoms with Crippen molar-refractivity contribution in [2.75, 3.05) is 0 Å². The molecular weight excluding hydrogens is 224 g/mol. The molecule has 1 aromatic carbocycles. The first-order valence-electron chi connectivity index (χ1n) is 5.70. The molecule has 4 heteroatoms. The molecule has 4 nitrogen and oxygen atoms in total.